The molecule has 0 saturated carbocycles. The topological polar surface area (TPSA) is 38.3 Å². The first-order valence-corrected chi connectivity index (χ1v) is 6.86. The van der Waals surface area contributed by atoms with Gasteiger partial charge in [0.15, 0.2) is 5.82 Å². The van der Waals surface area contributed by atoms with Gasteiger partial charge in [-0.15, -0.1) is 0 Å². The maximum Gasteiger partial charge on any atom is 0.412 e. The number of benzene rings is 2. The second-order valence-corrected chi connectivity index (χ2v) is 5.14. The van der Waals surface area contributed by atoms with Crippen molar-refractivity contribution >= 4 is 39.3 Å². The van der Waals surface area contributed by atoms with Gasteiger partial charge in [0.25, 0.3) is 0 Å². The van der Waals surface area contributed by atoms with Gasteiger partial charge >= 0.3 is 6.09 Å². The Labute approximate surface area is 128 Å². The molecule has 20 heavy (non-hydrogen) atoms. The first-order chi connectivity index (χ1) is 9.58. The van der Waals surface area contributed by atoms with E-state index in [1.807, 2.05) is 30.3 Å². The lowest BCUT2D eigenvalue weighted by Crippen LogP contribution is -2.14. The Hall–Kier alpha value is -1.59. The van der Waals surface area contributed by atoms with E-state index in [2.05, 4.69) is 21.2 Å². The lowest BCUT2D eigenvalue weighted by Gasteiger charge is -2.09. The van der Waals surface area contributed by atoms with Crippen LogP contribution in [0.25, 0.3) is 0 Å². The minimum Gasteiger partial charge on any atom is -0.444 e. The third kappa shape index (κ3) is 3.71. The zero-order chi connectivity index (χ0) is 14.5. The van der Waals surface area contributed by atoms with Crippen LogP contribution < -0.4 is 5.32 Å². The van der Waals surface area contributed by atoms with E-state index in [0.717, 1.165) is 5.56 Å². The summed E-state index contributed by atoms with van der Waals surface area (Å²) in [5.74, 6) is -0.710. The van der Waals surface area contributed by atoms with Crippen LogP contribution in [0.3, 0.4) is 0 Å². The first-order valence-electron chi connectivity index (χ1n) is 5.69. The van der Waals surface area contributed by atoms with Crippen molar-refractivity contribution in [2.45, 2.75) is 6.61 Å². The smallest absolute Gasteiger partial charge is 0.412 e. The van der Waals surface area contributed by atoms with Crippen molar-refractivity contribution in [1.29, 1.82) is 0 Å². The Morgan fingerprint density at radius 3 is 2.65 bits per heavy atom. The van der Waals surface area contributed by atoms with Crippen LogP contribution in [-0.2, 0) is 11.3 Å². The molecule has 0 aromatic heterocycles. The van der Waals surface area contributed by atoms with Gasteiger partial charge in [-0.1, -0.05) is 41.9 Å². The van der Waals surface area contributed by atoms with Gasteiger partial charge in [0.2, 0.25) is 0 Å². The quantitative estimate of drug-likeness (QED) is 0.785. The van der Waals surface area contributed by atoms with Crippen LogP contribution in [0.15, 0.2) is 46.9 Å². The molecule has 2 aromatic rings. The summed E-state index contributed by atoms with van der Waals surface area (Å²) in [4.78, 5) is 11.6. The van der Waals surface area contributed by atoms with Gasteiger partial charge in [-0.3, -0.25) is 5.32 Å². The molecule has 0 saturated heterocycles. The summed E-state index contributed by atoms with van der Waals surface area (Å²) in [6.07, 6.45) is -0.744. The Bertz CT molecular complexity index is 622. The van der Waals surface area contributed by atoms with Crippen LogP contribution in [0.4, 0.5) is 14.9 Å². The number of hydrogen-bond donors (Lipinski definition) is 1. The number of halogens is 3. The number of amides is 1. The largest absolute Gasteiger partial charge is 0.444 e. The molecular formula is C14H10BrClFNO2. The molecule has 0 bridgehead atoms. The van der Waals surface area contributed by atoms with E-state index in [4.69, 9.17) is 16.3 Å². The lowest BCUT2D eigenvalue weighted by atomic mass is 10.2. The monoisotopic (exact) mass is 357 g/mol. The zero-order valence-electron chi connectivity index (χ0n) is 10.2. The van der Waals surface area contributed by atoms with Gasteiger partial charge in [0, 0.05) is 4.47 Å². The molecule has 1 amide bonds. The van der Waals surface area contributed by atoms with E-state index >= 15 is 0 Å². The van der Waals surface area contributed by atoms with Crippen LogP contribution >= 0.6 is 27.5 Å². The average Bonchev–Trinajstić information content (AvgIpc) is 2.47. The minimum absolute atomic E-state index is 0.0312. The van der Waals surface area contributed by atoms with Crippen molar-refractivity contribution in [3.63, 3.8) is 0 Å². The van der Waals surface area contributed by atoms with Crippen molar-refractivity contribution in [3.8, 4) is 0 Å². The zero-order valence-corrected chi connectivity index (χ0v) is 12.5. The minimum atomic E-state index is -0.744. The molecule has 0 heterocycles. The summed E-state index contributed by atoms with van der Waals surface area (Å²) in [6, 6.07) is 12.1. The van der Waals surface area contributed by atoms with Crippen molar-refractivity contribution in [2.24, 2.45) is 0 Å². The second kappa shape index (κ2) is 6.72. The van der Waals surface area contributed by atoms with Crippen molar-refractivity contribution in [2.75, 3.05) is 5.32 Å². The molecule has 0 aliphatic carbocycles. The lowest BCUT2D eigenvalue weighted by molar-refractivity contribution is 0.155. The number of carbonyl (C=O) groups is 1. The molecule has 0 unspecified atom stereocenters. The van der Waals surface area contributed by atoms with E-state index in [-0.39, 0.29) is 17.3 Å². The molecule has 6 heteroatoms. The van der Waals surface area contributed by atoms with Gasteiger partial charge in [-0.2, -0.15) is 0 Å². The first kappa shape index (κ1) is 14.8. The molecule has 0 aliphatic heterocycles. The average molecular weight is 359 g/mol. The van der Waals surface area contributed by atoms with Crippen LogP contribution in [0, 0.1) is 5.82 Å². The van der Waals surface area contributed by atoms with Crippen LogP contribution in [0.2, 0.25) is 5.02 Å². The molecule has 0 aliphatic rings. The highest BCUT2D eigenvalue weighted by Gasteiger charge is 2.13. The van der Waals surface area contributed by atoms with E-state index in [0.29, 0.717) is 4.47 Å². The highest BCUT2D eigenvalue weighted by Crippen LogP contribution is 2.30. The molecule has 0 fully saturated rings. The second-order valence-electron chi connectivity index (χ2n) is 3.91. The van der Waals surface area contributed by atoms with Gasteiger partial charge in [0.1, 0.15) is 6.61 Å². The molecule has 1 N–H and O–H groups in total. The third-order valence-corrected chi connectivity index (χ3v) is 3.74. The van der Waals surface area contributed by atoms with E-state index in [1.54, 1.807) is 0 Å². The number of ether oxygens (including phenoxy) is 1. The van der Waals surface area contributed by atoms with Gasteiger partial charge in [-0.25, -0.2) is 9.18 Å². The van der Waals surface area contributed by atoms with Crippen LogP contribution in [0.1, 0.15) is 5.56 Å². The maximum absolute atomic E-state index is 13.8. The van der Waals surface area contributed by atoms with E-state index < -0.39 is 11.9 Å². The van der Waals surface area contributed by atoms with Gasteiger partial charge < -0.3 is 4.74 Å². The highest BCUT2D eigenvalue weighted by molar-refractivity contribution is 9.10. The van der Waals surface area contributed by atoms with Crippen LogP contribution in [-0.4, -0.2) is 6.09 Å². The molecule has 0 atom stereocenters. The molecule has 0 radical (unpaired) electrons. The number of hydrogen-bond acceptors (Lipinski definition) is 2. The summed E-state index contributed by atoms with van der Waals surface area (Å²) in [7, 11) is 0. The summed E-state index contributed by atoms with van der Waals surface area (Å²) < 4.78 is 19.2. The van der Waals surface area contributed by atoms with Gasteiger partial charge in [0.05, 0.1) is 10.7 Å². The van der Waals surface area contributed by atoms with Gasteiger partial charge in [-0.05, 0) is 33.6 Å². The molecule has 2 aromatic carbocycles. The fourth-order valence-corrected chi connectivity index (χ4v) is 1.96. The Morgan fingerprint density at radius 2 is 1.95 bits per heavy atom. The van der Waals surface area contributed by atoms with Crippen molar-refractivity contribution in [1.82, 2.24) is 0 Å². The Kier molecular flexibility index (Phi) is 4.98. The Balaban J connectivity index is 1.97. The maximum atomic E-state index is 13.8. The predicted octanol–water partition coefficient (Wildman–Crippen LogP) is 4.99. The summed E-state index contributed by atoms with van der Waals surface area (Å²) in [5, 5.41) is 2.22. The Morgan fingerprint density at radius 1 is 1.25 bits per heavy atom. The highest BCUT2D eigenvalue weighted by atomic mass is 79.9. The number of nitrogens with one attached hydrogen (secondary N) is 1. The van der Waals surface area contributed by atoms with E-state index in [1.165, 1.54) is 12.1 Å². The normalized spacial score (nSPS) is 10.2. The third-order valence-electron chi connectivity index (χ3n) is 2.48. The fraction of sp³-hybridized carbons (Fsp3) is 0.0714. The molecule has 2 rings (SSSR count). The molecule has 0 spiro atoms. The van der Waals surface area contributed by atoms with E-state index in [9.17, 15) is 9.18 Å². The number of rotatable bonds is 3. The summed E-state index contributed by atoms with van der Waals surface area (Å²) in [5.41, 5.74) is 0.813. The predicted molar refractivity (Wildman–Crippen MR) is 79.4 cm³/mol. The molecule has 3 nitrogen and oxygen atoms in total. The van der Waals surface area contributed by atoms with Crippen LogP contribution in [0.5, 0.6) is 0 Å². The number of carbonyl (C=O) groups excluding carboxylic acids is 1. The van der Waals surface area contributed by atoms with Crippen molar-refractivity contribution < 1.29 is 13.9 Å². The summed E-state index contributed by atoms with van der Waals surface area (Å²) >= 11 is 8.82. The fourth-order valence-electron chi connectivity index (χ4n) is 1.49. The molecule has 104 valence electrons. The standard InChI is InChI=1S/C14H10BrClFNO2/c15-10-6-7-11(13(17)12(10)16)18-14(19)20-8-9-4-2-1-3-5-9/h1-7H,8H2,(H,18,19). The SMILES string of the molecule is O=C(Nc1ccc(Br)c(Cl)c1F)OCc1ccccc1. The van der Waals surface area contributed by atoms with Crippen molar-refractivity contribution in [3.05, 3.63) is 63.3 Å². The number of anilines is 1. The molecular weight excluding hydrogens is 349 g/mol. The summed E-state index contributed by atoms with van der Waals surface area (Å²) in [6.45, 7) is 0.110.